The fraction of sp³-hybridized carbons (Fsp3) is 0.714. The number of nitrogens with zero attached hydrogens (tertiary/aromatic N) is 4. The summed E-state index contributed by atoms with van der Waals surface area (Å²) < 4.78 is 81.0. The molecule has 2 spiro atoms. The SMILES string of the molecule is CC(=O)N1CCC2(CC1)CCN(c1cc(C)cc(CN3CCCC34CN(C(=O)OC(C(F)(F)F)C(F)(F)F)C4)c1)C2. The number of carbonyl (C=O) groups excluding carboxylic acids is 2. The van der Waals surface area contributed by atoms with Gasteiger partial charge in [-0.1, -0.05) is 6.07 Å². The summed E-state index contributed by atoms with van der Waals surface area (Å²) in [5.41, 5.74) is 3.02. The molecule has 0 saturated carbocycles. The van der Waals surface area contributed by atoms with Crippen LogP contribution >= 0.6 is 0 Å². The van der Waals surface area contributed by atoms with Crippen LogP contribution in [0, 0.1) is 12.3 Å². The highest BCUT2D eigenvalue weighted by molar-refractivity contribution is 5.73. The van der Waals surface area contributed by atoms with Crippen molar-refractivity contribution in [2.75, 3.05) is 50.7 Å². The zero-order chi connectivity index (χ0) is 29.8. The second-order valence-electron chi connectivity index (χ2n) is 12.3. The van der Waals surface area contributed by atoms with Crippen LogP contribution < -0.4 is 4.90 Å². The largest absolute Gasteiger partial charge is 0.434 e. The van der Waals surface area contributed by atoms with Gasteiger partial charge in [0.2, 0.25) is 5.91 Å². The molecule has 2 amide bonds. The average Bonchev–Trinajstić information content (AvgIpc) is 3.45. The predicted molar refractivity (Wildman–Crippen MR) is 138 cm³/mol. The van der Waals surface area contributed by atoms with Gasteiger partial charge in [-0.25, -0.2) is 4.79 Å². The van der Waals surface area contributed by atoms with Crippen molar-refractivity contribution in [1.82, 2.24) is 14.7 Å². The van der Waals surface area contributed by atoms with Gasteiger partial charge in [-0.3, -0.25) is 9.69 Å². The number of carbonyl (C=O) groups is 2. The highest BCUT2D eigenvalue weighted by Crippen LogP contribution is 2.44. The van der Waals surface area contributed by atoms with Crippen LogP contribution in [0.2, 0.25) is 0 Å². The van der Waals surface area contributed by atoms with E-state index in [1.54, 1.807) is 6.92 Å². The second kappa shape index (κ2) is 10.5. The van der Waals surface area contributed by atoms with Gasteiger partial charge in [0.05, 0.1) is 5.54 Å². The lowest BCUT2D eigenvalue weighted by atomic mass is 9.78. The Morgan fingerprint density at radius 3 is 2.12 bits per heavy atom. The first kappa shape index (κ1) is 29.8. The molecule has 0 aliphatic carbocycles. The van der Waals surface area contributed by atoms with Gasteiger partial charge >= 0.3 is 18.4 Å². The summed E-state index contributed by atoms with van der Waals surface area (Å²) in [6.45, 7) is 8.43. The molecule has 4 aliphatic heterocycles. The molecule has 4 saturated heterocycles. The van der Waals surface area contributed by atoms with Crippen LogP contribution in [0.1, 0.15) is 50.2 Å². The lowest BCUT2D eigenvalue weighted by molar-refractivity contribution is -0.309. The van der Waals surface area contributed by atoms with Crippen molar-refractivity contribution in [3.05, 3.63) is 29.3 Å². The van der Waals surface area contributed by atoms with Crippen molar-refractivity contribution < 1.29 is 40.7 Å². The Hall–Kier alpha value is -2.70. The molecule has 0 atom stereocenters. The summed E-state index contributed by atoms with van der Waals surface area (Å²) in [5, 5.41) is 0. The Bertz CT molecular complexity index is 1140. The van der Waals surface area contributed by atoms with E-state index in [0.717, 1.165) is 80.1 Å². The summed E-state index contributed by atoms with van der Waals surface area (Å²) >= 11 is 0. The maximum absolute atomic E-state index is 12.8. The quantitative estimate of drug-likeness (QED) is 0.457. The topological polar surface area (TPSA) is 56.3 Å². The van der Waals surface area contributed by atoms with Crippen molar-refractivity contribution in [1.29, 1.82) is 0 Å². The van der Waals surface area contributed by atoms with Gasteiger partial charge in [0.1, 0.15) is 0 Å². The fourth-order valence-corrected chi connectivity index (χ4v) is 7.08. The molecule has 7 nitrogen and oxygen atoms in total. The van der Waals surface area contributed by atoms with Gasteiger partial charge in [0.25, 0.3) is 6.10 Å². The number of benzene rings is 1. The van der Waals surface area contributed by atoms with Crippen LogP contribution in [0.3, 0.4) is 0 Å². The minimum atomic E-state index is -5.74. The first-order valence-electron chi connectivity index (χ1n) is 14.0. The van der Waals surface area contributed by atoms with Crippen LogP contribution in [-0.4, -0.2) is 96.5 Å². The van der Waals surface area contributed by atoms with E-state index >= 15 is 0 Å². The molecule has 4 heterocycles. The zero-order valence-corrected chi connectivity index (χ0v) is 23.3. The first-order chi connectivity index (χ1) is 19.1. The summed E-state index contributed by atoms with van der Waals surface area (Å²) in [5.74, 6) is 0.121. The predicted octanol–water partition coefficient (Wildman–Crippen LogP) is 5.11. The molecular weight excluding hydrogens is 554 g/mol. The molecule has 4 aliphatic rings. The smallest absolute Gasteiger partial charge is 0.426 e. The number of aryl methyl sites for hydroxylation is 1. The summed E-state index contributed by atoms with van der Waals surface area (Å²) in [6, 6.07) is 6.41. The van der Waals surface area contributed by atoms with E-state index in [9.17, 15) is 35.9 Å². The first-order valence-corrected chi connectivity index (χ1v) is 14.0. The molecule has 13 heteroatoms. The Morgan fingerprint density at radius 1 is 0.878 bits per heavy atom. The molecule has 1 aromatic rings. The van der Waals surface area contributed by atoms with Gasteiger partial charge in [-0.05, 0) is 74.2 Å². The molecule has 0 N–H and O–H groups in total. The van der Waals surface area contributed by atoms with Crippen LogP contribution in [0.4, 0.5) is 36.8 Å². The van der Waals surface area contributed by atoms with Crippen LogP contribution in [0.25, 0.3) is 0 Å². The summed E-state index contributed by atoms with van der Waals surface area (Å²) in [7, 11) is 0. The number of piperidine rings is 1. The zero-order valence-electron chi connectivity index (χ0n) is 23.3. The Morgan fingerprint density at radius 2 is 1.51 bits per heavy atom. The molecular formula is C28H36F6N4O3. The van der Waals surface area contributed by atoms with Crippen LogP contribution in [0.15, 0.2) is 18.2 Å². The average molecular weight is 591 g/mol. The summed E-state index contributed by atoms with van der Waals surface area (Å²) in [4.78, 5) is 31.4. The van der Waals surface area contributed by atoms with Crippen molar-refractivity contribution >= 4 is 17.7 Å². The number of hydrogen-bond acceptors (Lipinski definition) is 5. The Balaban J connectivity index is 1.21. The number of amides is 2. The molecule has 41 heavy (non-hydrogen) atoms. The molecule has 0 radical (unpaired) electrons. The van der Waals surface area contributed by atoms with E-state index in [4.69, 9.17) is 0 Å². The van der Waals surface area contributed by atoms with E-state index in [0.29, 0.717) is 13.0 Å². The van der Waals surface area contributed by atoms with Gasteiger partial charge in [0.15, 0.2) is 0 Å². The molecule has 0 unspecified atom stereocenters. The summed E-state index contributed by atoms with van der Waals surface area (Å²) in [6.07, 6.45) is -12.6. The van der Waals surface area contributed by atoms with Gasteiger partial charge in [0, 0.05) is 58.4 Å². The molecule has 0 aromatic heterocycles. The molecule has 228 valence electrons. The highest BCUT2D eigenvalue weighted by Gasteiger charge is 2.61. The number of hydrogen-bond donors (Lipinski definition) is 0. The standard InChI is InChI=1S/C28H36F6N4O3/c1-19-12-21(14-22(13-19)36-11-7-25(16-36)5-9-35(10-6-25)20(2)39)15-38-8-3-4-26(38)17-37(18-26)24(40)41-23(27(29,30)31)28(32,33)34/h12-14,23H,3-11,15-18H2,1-2H3. The lowest BCUT2D eigenvalue weighted by Crippen LogP contribution is -2.69. The van der Waals surface area contributed by atoms with Crippen molar-refractivity contribution in [2.24, 2.45) is 5.41 Å². The third-order valence-corrected chi connectivity index (χ3v) is 9.35. The normalized spacial score (nSPS) is 22.6. The maximum atomic E-state index is 12.8. The van der Waals surface area contributed by atoms with Gasteiger partial charge in [-0.2, -0.15) is 26.3 Å². The number of ether oxygens (including phenoxy) is 1. The van der Waals surface area contributed by atoms with Crippen molar-refractivity contribution in [3.8, 4) is 0 Å². The third-order valence-electron chi connectivity index (χ3n) is 9.35. The van der Waals surface area contributed by atoms with E-state index in [1.807, 2.05) is 11.8 Å². The number of alkyl halides is 6. The number of likely N-dealkylation sites (tertiary alicyclic amines) is 3. The number of halogens is 6. The monoisotopic (exact) mass is 590 g/mol. The Labute approximate surface area is 235 Å². The molecule has 1 aromatic carbocycles. The Kier molecular flexibility index (Phi) is 7.65. The van der Waals surface area contributed by atoms with E-state index in [1.165, 1.54) is 0 Å². The van der Waals surface area contributed by atoms with Gasteiger partial charge in [-0.15, -0.1) is 0 Å². The van der Waals surface area contributed by atoms with Crippen LogP contribution in [0.5, 0.6) is 0 Å². The highest BCUT2D eigenvalue weighted by atomic mass is 19.4. The van der Waals surface area contributed by atoms with E-state index in [2.05, 4.69) is 32.7 Å². The minimum absolute atomic E-state index is 0.0267. The lowest BCUT2D eigenvalue weighted by Gasteiger charge is -2.52. The molecule has 0 bridgehead atoms. The second-order valence-corrected chi connectivity index (χ2v) is 12.3. The minimum Gasteiger partial charge on any atom is -0.426 e. The maximum Gasteiger partial charge on any atom is 0.434 e. The van der Waals surface area contributed by atoms with Crippen LogP contribution in [-0.2, 0) is 16.1 Å². The number of anilines is 1. The van der Waals surface area contributed by atoms with Crippen molar-refractivity contribution in [2.45, 2.75) is 76.5 Å². The third kappa shape index (κ3) is 6.10. The number of rotatable bonds is 4. The van der Waals surface area contributed by atoms with Crippen molar-refractivity contribution in [3.63, 3.8) is 0 Å². The van der Waals surface area contributed by atoms with E-state index < -0.39 is 30.1 Å². The van der Waals surface area contributed by atoms with Gasteiger partial charge < -0.3 is 19.4 Å². The molecule has 5 rings (SSSR count). The van der Waals surface area contributed by atoms with E-state index in [-0.39, 0.29) is 24.4 Å². The molecule has 4 fully saturated rings. The fourth-order valence-electron chi connectivity index (χ4n) is 7.08.